The summed E-state index contributed by atoms with van der Waals surface area (Å²) in [7, 11) is 0. The van der Waals surface area contributed by atoms with Gasteiger partial charge in [-0.05, 0) is 0 Å². The van der Waals surface area contributed by atoms with Crippen LogP contribution in [0.25, 0.3) is 0 Å². The molecule has 0 heterocycles. The van der Waals surface area contributed by atoms with Crippen molar-refractivity contribution in [3.8, 4) is 0 Å². The fraction of sp³-hybridized carbons (Fsp3) is 0.250. The molecule has 0 aliphatic rings. The van der Waals surface area contributed by atoms with Gasteiger partial charge in [-0.2, -0.15) is 4.55 Å². The van der Waals surface area contributed by atoms with Crippen LogP contribution in [0.4, 0.5) is 0 Å². The highest BCUT2D eigenvalue weighted by Gasteiger charge is 1.95. The van der Waals surface area contributed by atoms with Gasteiger partial charge in [-0.3, -0.25) is 0 Å². The molecular formula is C8H10Mg2. The zero-order valence-electron chi connectivity index (χ0n) is 6.51. The Balaban J connectivity index is 2.43. The first-order chi connectivity index (χ1) is 4.93. The van der Waals surface area contributed by atoms with E-state index in [0.717, 1.165) is 0 Å². The van der Waals surface area contributed by atoms with Gasteiger partial charge < -0.3 is 0 Å². The molecule has 0 N–H and O–H groups in total. The van der Waals surface area contributed by atoms with Crippen molar-refractivity contribution in [3.63, 3.8) is 0 Å². The summed E-state index contributed by atoms with van der Waals surface area (Å²) in [5.41, 5.74) is 0. The molecule has 0 saturated carbocycles. The van der Waals surface area contributed by atoms with Crippen LogP contribution in [0.2, 0.25) is 4.55 Å². The van der Waals surface area contributed by atoms with E-state index >= 15 is 0 Å². The largest absolute Gasteiger partial charge is 0.266 e. The van der Waals surface area contributed by atoms with E-state index < -0.39 is 0 Å². The highest BCUT2D eigenvalue weighted by Crippen LogP contribution is 1.81. The van der Waals surface area contributed by atoms with Crippen molar-refractivity contribution in [1.82, 2.24) is 0 Å². The Kier molecular flexibility index (Phi) is 4.78. The molecule has 0 bridgehead atoms. The van der Waals surface area contributed by atoms with Gasteiger partial charge in [-0.25, -0.2) is 3.69 Å². The summed E-state index contributed by atoms with van der Waals surface area (Å²) in [6.45, 7) is 2.32. The summed E-state index contributed by atoms with van der Waals surface area (Å²) in [6.07, 6.45) is 0. The van der Waals surface area contributed by atoms with Crippen molar-refractivity contribution < 1.29 is 0 Å². The normalized spacial score (nSPS) is 8.10. The highest BCUT2D eigenvalue weighted by molar-refractivity contribution is 7.07. The Bertz CT molecular complexity index is 172. The average Bonchev–Trinajstić information content (AvgIpc) is 2.03. The van der Waals surface area contributed by atoms with Crippen LogP contribution in [0.1, 0.15) is 6.92 Å². The van der Waals surface area contributed by atoms with Gasteiger partial charge >= 0.3 is 0 Å². The van der Waals surface area contributed by atoms with E-state index in [4.69, 9.17) is 0 Å². The van der Waals surface area contributed by atoms with Gasteiger partial charge in [0, 0.05) is 0 Å². The third-order valence-electron chi connectivity index (χ3n) is 1.66. The lowest BCUT2D eigenvalue weighted by molar-refractivity contribution is 1.47. The van der Waals surface area contributed by atoms with Crippen LogP contribution in [0.15, 0.2) is 30.3 Å². The third-order valence-corrected chi connectivity index (χ3v) is 8.69. The van der Waals surface area contributed by atoms with Crippen molar-refractivity contribution in [2.24, 2.45) is 0 Å². The minimum Gasteiger partial charge on any atom is -0.209 e. The smallest absolute Gasteiger partial charge is 0.209 e. The Labute approximate surface area is 78.3 Å². The monoisotopic (exact) mass is 154 g/mol. The maximum absolute atomic E-state index is 2.32. The third kappa shape index (κ3) is 3.23. The van der Waals surface area contributed by atoms with E-state index in [2.05, 4.69) is 37.3 Å². The maximum Gasteiger partial charge on any atom is 0.266 e. The lowest BCUT2D eigenvalue weighted by Crippen LogP contribution is -2.19. The topological polar surface area (TPSA) is 0 Å². The van der Waals surface area contributed by atoms with Gasteiger partial charge in [0.2, 0.25) is 16.7 Å². The molecule has 2 heteroatoms. The summed E-state index contributed by atoms with van der Waals surface area (Å²) >= 11 is 0.590. The number of rotatable bonds is 3. The Morgan fingerprint density at radius 3 is 2.50 bits per heavy atom. The second-order valence-corrected chi connectivity index (χ2v) is 9.23. The standard InChI is InChI=1S/C6H5.C2H5.2Mg/c1-2-4-6-5-3-1;1-2;;/h1-5H;1H2,2H3;;. The predicted octanol–water partition coefficient (Wildman–Crippen LogP) is 1.07. The molecule has 46 valence electrons. The molecule has 0 fully saturated rings. The number of benzene rings is 1. The van der Waals surface area contributed by atoms with Crippen molar-refractivity contribution in [3.05, 3.63) is 30.3 Å². The molecule has 0 aliphatic carbocycles. The molecular weight excluding hydrogens is 145 g/mol. The fourth-order valence-electron chi connectivity index (χ4n) is 1.03. The van der Waals surface area contributed by atoms with Gasteiger partial charge in [-0.15, -0.1) is 0 Å². The van der Waals surface area contributed by atoms with E-state index in [1.165, 1.54) is 4.55 Å². The maximum atomic E-state index is 2.32. The van der Waals surface area contributed by atoms with Crippen LogP contribution in [0, 0.1) is 0 Å². The van der Waals surface area contributed by atoms with Crippen LogP contribution in [-0.2, 0) is 0 Å². The molecule has 0 aromatic heterocycles. The summed E-state index contributed by atoms with van der Waals surface area (Å²) < 4.78 is 3.15. The summed E-state index contributed by atoms with van der Waals surface area (Å²) in [6, 6.07) is 11.0. The van der Waals surface area contributed by atoms with E-state index in [0.29, 0.717) is 16.7 Å². The Hall–Kier alpha value is 0.752. The van der Waals surface area contributed by atoms with Crippen LogP contribution >= 0.6 is 0 Å². The molecule has 0 unspecified atom stereocenters. The lowest BCUT2D eigenvalue weighted by Gasteiger charge is -1.94. The first-order valence-corrected chi connectivity index (χ1v) is 9.68. The van der Waals surface area contributed by atoms with Crippen LogP contribution in [0.5, 0.6) is 0 Å². The summed E-state index contributed by atoms with van der Waals surface area (Å²) in [5, 5.41) is 0. The second-order valence-electron chi connectivity index (χ2n) is 2.59. The SMILES string of the molecule is C[CH2][Mg][Mg][c]1ccccc1. The highest BCUT2D eigenvalue weighted by atomic mass is 25.4. The van der Waals surface area contributed by atoms with Crippen molar-refractivity contribution in [1.29, 1.82) is 0 Å². The van der Waals surface area contributed by atoms with E-state index in [1.807, 2.05) is 0 Å². The summed E-state index contributed by atoms with van der Waals surface area (Å²) in [5.74, 6) is 0. The quantitative estimate of drug-likeness (QED) is 0.572. The molecule has 1 rings (SSSR count). The number of hydrogen-bond donors (Lipinski definition) is 0. The fourth-order valence-corrected chi connectivity index (χ4v) is 5.68. The predicted molar refractivity (Wildman–Crippen MR) is 48.1 cm³/mol. The van der Waals surface area contributed by atoms with Crippen molar-refractivity contribution >= 4 is 37.1 Å². The lowest BCUT2D eigenvalue weighted by atomic mass is 10.4. The molecule has 0 saturated heterocycles. The van der Waals surface area contributed by atoms with Gasteiger partial charge in [0.15, 0.2) is 0 Å². The van der Waals surface area contributed by atoms with Gasteiger partial charge in [0.1, 0.15) is 0 Å². The molecule has 1 aromatic rings. The molecule has 0 atom stereocenters. The number of hydrogen-bond acceptors (Lipinski definition) is 0. The molecule has 0 aliphatic heterocycles. The van der Waals surface area contributed by atoms with Gasteiger partial charge in [0.05, 0.1) is 0 Å². The van der Waals surface area contributed by atoms with Crippen molar-refractivity contribution in [2.45, 2.75) is 11.5 Å². The molecule has 1 aromatic carbocycles. The van der Waals surface area contributed by atoms with E-state index in [-0.39, 0.29) is 16.7 Å². The minimum absolute atomic E-state index is 0.227. The van der Waals surface area contributed by atoms with Gasteiger partial charge in [0.25, 0.3) is 16.7 Å². The Morgan fingerprint density at radius 2 is 1.90 bits per heavy atom. The van der Waals surface area contributed by atoms with Gasteiger partial charge in [-0.1, -0.05) is 37.3 Å². The first kappa shape index (κ1) is 8.85. The Morgan fingerprint density at radius 1 is 1.20 bits per heavy atom. The van der Waals surface area contributed by atoms with Crippen LogP contribution in [0.3, 0.4) is 0 Å². The van der Waals surface area contributed by atoms with E-state index in [1.54, 1.807) is 3.69 Å². The minimum atomic E-state index is 0.227. The average molecular weight is 155 g/mol. The second kappa shape index (κ2) is 5.41. The zero-order valence-corrected chi connectivity index (χ0v) is 9.34. The molecule has 10 heavy (non-hydrogen) atoms. The van der Waals surface area contributed by atoms with Crippen LogP contribution < -0.4 is 3.69 Å². The summed E-state index contributed by atoms with van der Waals surface area (Å²) in [4.78, 5) is 0. The van der Waals surface area contributed by atoms with E-state index in [9.17, 15) is 0 Å². The zero-order chi connectivity index (χ0) is 7.23. The molecule has 0 amide bonds. The first-order valence-electron chi connectivity index (χ1n) is 3.97. The van der Waals surface area contributed by atoms with Crippen LogP contribution in [-0.4, -0.2) is 33.4 Å². The molecule has 0 nitrogen and oxygen atoms in total. The molecule has 0 radical (unpaired) electrons. The molecule has 0 spiro atoms. The van der Waals surface area contributed by atoms with Crippen molar-refractivity contribution in [2.75, 3.05) is 0 Å².